The topological polar surface area (TPSA) is 55.6 Å². The summed E-state index contributed by atoms with van der Waals surface area (Å²) < 4.78 is 18.0. The van der Waals surface area contributed by atoms with E-state index in [-0.39, 0.29) is 41.7 Å². The molecule has 0 bridgehead atoms. The van der Waals surface area contributed by atoms with E-state index in [4.69, 9.17) is 22.1 Å². The minimum atomic E-state index is -0.451. The first-order valence-electron chi connectivity index (χ1n) is 5.49. The van der Waals surface area contributed by atoms with E-state index < -0.39 is 5.82 Å². The fourth-order valence-electron chi connectivity index (χ4n) is 1.24. The first-order valence-corrected chi connectivity index (χ1v) is 5.87. The zero-order valence-corrected chi connectivity index (χ0v) is 12.3. The summed E-state index contributed by atoms with van der Waals surface area (Å²) in [6, 6.07) is 3.67. The molecule has 0 aromatic heterocycles. The summed E-state index contributed by atoms with van der Waals surface area (Å²) >= 11 is 5.77. The van der Waals surface area contributed by atoms with Crippen molar-refractivity contribution in [1.82, 2.24) is 4.90 Å². The van der Waals surface area contributed by atoms with Crippen LogP contribution in [0.4, 0.5) is 4.39 Å². The number of halogens is 3. The average molecular weight is 311 g/mol. The predicted octanol–water partition coefficient (Wildman–Crippen LogP) is 2.09. The van der Waals surface area contributed by atoms with E-state index in [0.29, 0.717) is 6.54 Å². The second-order valence-electron chi connectivity index (χ2n) is 3.95. The van der Waals surface area contributed by atoms with Crippen molar-refractivity contribution in [2.24, 2.45) is 5.73 Å². The molecule has 1 aromatic carbocycles. The summed E-state index contributed by atoms with van der Waals surface area (Å²) in [4.78, 5) is 13.2. The number of carbonyl (C=O) groups excluding carboxylic acids is 1. The third kappa shape index (κ3) is 5.22. The molecule has 0 aliphatic rings. The van der Waals surface area contributed by atoms with E-state index in [1.807, 2.05) is 6.92 Å². The number of amides is 1. The van der Waals surface area contributed by atoms with Crippen LogP contribution in [0.2, 0.25) is 5.02 Å². The van der Waals surface area contributed by atoms with Crippen LogP contribution in [-0.2, 0) is 4.79 Å². The number of likely N-dealkylation sites (N-methyl/N-ethyl adjacent to an activating group) is 1. The Morgan fingerprint density at radius 1 is 1.58 bits per heavy atom. The summed E-state index contributed by atoms with van der Waals surface area (Å²) in [6.45, 7) is 2.05. The molecule has 1 amide bonds. The number of carbonyl (C=O) groups is 1. The molecule has 108 valence electrons. The standard InChI is InChI=1S/C12H16ClFN2O2.ClH/c1-8(6-15)16(2)12(17)7-18-11-4-3-9(14)5-10(11)13;/h3-5,8H,6-7,15H2,1-2H3;1H. The molecule has 0 radical (unpaired) electrons. The first kappa shape index (κ1) is 18.0. The number of nitrogens with two attached hydrogens (primary N) is 1. The van der Waals surface area contributed by atoms with Crippen molar-refractivity contribution < 1.29 is 13.9 Å². The van der Waals surface area contributed by atoms with Gasteiger partial charge in [-0.1, -0.05) is 11.6 Å². The van der Waals surface area contributed by atoms with Crippen LogP contribution in [0.15, 0.2) is 18.2 Å². The predicted molar refractivity (Wildman–Crippen MR) is 75.4 cm³/mol. The highest BCUT2D eigenvalue weighted by molar-refractivity contribution is 6.32. The molecule has 0 saturated heterocycles. The Morgan fingerprint density at radius 2 is 2.21 bits per heavy atom. The molecule has 4 nitrogen and oxygen atoms in total. The van der Waals surface area contributed by atoms with Gasteiger partial charge in [0, 0.05) is 19.6 Å². The first-order chi connectivity index (χ1) is 8.45. The fraction of sp³-hybridized carbons (Fsp3) is 0.417. The van der Waals surface area contributed by atoms with Crippen molar-refractivity contribution in [3.8, 4) is 5.75 Å². The minimum Gasteiger partial charge on any atom is -0.482 e. The molecule has 1 unspecified atom stereocenters. The molecule has 0 aliphatic carbocycles. The highest BCUT2D eigenvalue weighted by Gasteiger charge is 2.15. The highest BCUT2D eigenvalue weighted by Crippen LogP contribution is 2.24. The van der Waals surface area contributed by atoms with Gasteiger partial charge < -0.3 is 15.4 Å². The maximum absolute atomic E-state index is 12.8. The normalized spacial score (nSPS) is 11.4. The molecule has 1 aromatic rings. The fourth-order valence-corrected chi connectivity index (χ4v) is 1.46. The van der Waals surface area contributed by atoms with Crippen molar-refractivity contribution >= 4 is 29.9 Å². The van der Waals surface area contributed by atoms with Crippen molar-refractivity contribution in [1.29, 1.82) is 0 Å². The lowest BCUT2D eigenvalue weighted by Crippen LogP contribution is -2.42. The lowest BCUT2D eigenvalue weighted by atomic mass is 10.3. The number of hydrogen-bond acceptors (Lipinski definition) is 3. The van der Waals surface area contributed by atoms with E-state index >= 15 is 0 Å². The molecule has 0 heterocycles. The van der Waals surface area contributed by atoms with Crippen LogP contribution in [0.3, 0.4) is 0 Å². The summed E-state index contributed by atoms with van der Waals surface area (Å²) in [5.41, 5.74) is 5.46. The van der Waals surface area contributed by atoms with Crippen LogP contribution < -0.4 is 10.5 Å². The Bertz CT molecular complexity index is 432. The number of nitrogens with zero attached hydrogens (tertiary/aromatic N) is 1. The molecule has 7 heteroatoms. The van der Waals surface area contributed by atoms with E-state index in [1.54, 1.807) is 7.05 Å². The molecular weight excluding hydrogens is 294 g/mol. The lowest BCUT2D eigenvalue weighted by Gasteiger charge is -2.23. The van der Waals surface area contributed by atoms with Gasteiger partial charge in [0.2, 0.25) is 0 Å². The van der Waals surface area contributed by atoms with Crippen LogP contribution in [0.25, 0.3) is 0 Å². The Kier molecular flexibility index (Phi) is 7.75. The van der Waals surface area contributed by atoms with Gasteiger partial charge in [-0.3, -0.25) is 4.79 Å². The van der Waals surface area contributed by atoms with Gasteiger partial charge in [-0.25, -0.2) is 4.39 Å². The quantitative estimate of drug-likeness (QED) is 0.906. The van der Waals surface area contributed by atoms with Crippen molar-refractivity contribution in [3.63, 3.8) is 0 Å². The van der Waals surface area contributed by atoms with E-state index in [1.165, 1.54) is 17.0 Å². The minimum absolute atomic E-state index is 0. The Balaban J connectivity index is 0.00000324. The average Bonchev–Trinajstić information content (AvgIpc) is 2.35. The van der Waals surface area contributed by atoms with Gasteiger partial charge >= 0.3 is 0 Å². The monoisotopic (exact) mass is 310 g/mol. The maximum atomic E-state index is 12.8. The molecule has 0 fully saturated rings. The molecule has 0 spiro atoms. The molecule has 19 heavy (non-hydrogen) atoms. The molecule has 0 aliphatic heterocycles. The summed E-state index contributed by atoms with van der Waals surface area (Å²) in [5.74, 6) is -0.388. The van der Waals surface area contributed by atoms with Crippen LogP contribution in [0.1, 0.15) is 6.92 Å². The largest absolute Gasteiger partial charge is 0.482 e. The number of ether oxygens (including phenoxy) is 1. The summed E-state index contributed by atoms with van der Waals surface area (Å²) in [5, 5.41) is 0.136. The Labute approximate surface area is 123 Å². The summed E-state index contributed by atoms with van der Waals surface area (Å²) in [7, 11) is 1.65. The van der Waals surface area contributed by atoms with Crippen molar-refractivity contribution in [2.45, 2.75) is 13.0 Å². The van der Waals surface area contributed by atoms with Crippen LogP contribution in [0.5, 0.6) is 5.75 Å². The highest BCUT2D eigenvalue weighted by atomic mass is 35.5. The molecule has 1 rings (SSSR count). The van der Waals surface area contributed by atoms with Gasteiger partial charge in [0.15, 0.2) is 6.61 Å². The number of hydrogen-bond donors (Lipinski definition) is 1. The smallest absolute Gasteiger partial charge is 0.260 e. The lowest BCUT2D eigenvalue weighted by molar-refractivity contribution is -0.133. The van der Waals surface area contributed by atoms with Crippen LogP contribution >= 0.6 is 24.0 Å². The van der Waals surface area contributed by atoms with Crippen LogP contribution in [0, 0.1) is 5.82 Å². The maximum Gasteiger partial charge on any atom is 0.260 e. The van der Waals surface area contributed by atoms with E-state index in [2.05, 4.69) is 0 Å². The van der Waals surface area contributed by atoms with Gasteiger partial charge in [0.1, 0.15) is 11.6 Å². The van der Waals surface area contributed by atoms with Gasteiger partial charge in [-0.05, 0) is 25.1 Å². The molecule has 2 N–H and O–H groups in total. The zero-order valence-electron chi connectivity index (χ0n) is 10.7. The van der Waals surface area contributed by atoms with E-state index in [9.17, 15) is 9.18 Å². The molecular formula is C12H17Cl2FN2O2. The second-order valence-corrected chi connectivity index (χ2v) is 4.36. The van der Waals surface area contributed by atoms with Crippen molar-refractivity contribution in [2.75, 3.05) is 20.2 Å². The molecule has 1 atom stereocenters. The third-order valence-corrected chi connectivity index (χ3v) is 2.94. The van der Waals surface area contributed by atoms with Crippen LogP contribution in [-0.4, -0.2) is 37.0 Å². The van der Waals surface area contributed by atoms with Crippen molar-refractivity contribution in [3.05, 3.63) is 29.0 Å². The molecule has 0 saturated carbocycles. The Morgan fingerprint density at radius 3 is 2.74 bits per heavy atom. The second kappa shape index (κ2) is 8.19. The SMILES string of the molecule is CC(CN)N(C)C(=O)COc1ccc(F)cc1Cl.Cl. The Hall–Kier alpha value is -1.04. The zero-order chi connectivity index (χ0) is 13.7. The van der Waals surface area contributed by atoms with Gasteiger partial charge in [-0.15, -0.1) is 12.4 Å². The van der Waals surface area contributed by atoms with Gasteiger partial charge in [0.05, 0.1) is 5.02 Å². The number of benzene rings is 1. The van der Waals surface area contributed by atoms with Gasteiger partial charge in [-0.2, -0.15) is 0 Å². The van der Waals surface area contributed by atoms with E-state index in [0.717, 1.165) is 6.07 Å². The third-order valence-electron chi connectivity index (χ3n) is 2.64. The summed E-state index contributed by atoms with van der Waals surface area (Å²) in [6.07, 6.45) is 0. The van der Waals surface area contributed by atoms with Gasteiger partial charge in [0.25, 0.3) is 5.91 Å². The number of rotatable bonds is 5.